The van der Waals surface area contributed by atoms with E-state index in [1.54, 1.807) is 13.0 Å². The third-order valence-corrected chi connectivity index (χ3v) is 3.52. The summed E-state index contributed by atoms with van der Waals surface area (Å²) in [6.07, 6.45) is 2.08. The number of hydrogen-bond acceptors (Lipinski definition) is 3. The van der Waals surface area contributed by atoms with Crippen LogP contribution in [0, 0.1) is 6.92 Å². The van der Waals surface area contributed by atoms with E-state index in [-0.39, 0.29) is 11.8 Å². The number of nitrogens with one attached hydrogen (secondary N) is 3. The largest absolute Gasteiger partial charge is 0.385 e. The zero-order chi connectivity index (χ0) is 15.4. The van der Waals surface area contributed by atoms with Gasteiger partial charge in [-0.15, -0.1) is 0 Å². The maximum atomic E-state index is 12.2. The summed E-state index contributed by atoms with van der Waals surface area (Å²) in [4.78, 5) is 24.1. The van der Waals surface area contributed by atoms with Crippen LogP contribution in [0.25, 0.3) is 0 Å². The lowest BCUT2D eigenvalue weighted by atomic mass is 10.1. The van der Waals surface area contributed by atoms with Crippen molar-refractivity contribution in [1.29, 1.82) is 0 Å². The molecule has 1 saturated carbocycles. The van der Waals surface area contributed by atoms with Crippen molar-refractivity contribution in [1.82, 2.24) is 10.6 Å². The Balaban J connectivity index is 1.97. The summed E-state index contributed by atoms with van der Waals surface area (Å²) in [7, 11) is 0. The number of aryl methyl sites for hydroxylation is 1. The zero-order valence-electron chi connectivity index (χ0n) is 12.8. The minimum Gasteiger partial charge on any atom is -0.385 e. The molecular weight excluding hydrogens is 266 g/mol. The fraction of sp³-hybridized carbons (Fsp3) is 0.500. The molecule has 0 heterocycles. The van der Waals surface area contributed by atoms with Gasteiger partial charge in [0, 0.05) is 23.8 Å². The van der Waals surface area contributed by atoms with E-state index in [2.05, 4.69) is 16.0 Å². The number of anilines is 1. The second-order valence-corrected chi connectivity index (χ2v) is 5.54. The Morgan fingerprint density at radius 1 is 1.33 bits per heavy atom. The van der Waals surface area contributed by atoms with Crippen molar-refractivity contribution in [3.63, 3.8) is 0 Å². The first-order chi connectivity index (χ1) is 10.0. The van der Waals surface area contributed by atoms with Crippen molar-refractivity contribution in [2.45, 2.75) is 45.7 Å². The Hall–Kier alpha value is -2.04. The monoisotopic (exact) mass is 289 g/mol. The van der Waals surface area contributed by atoms with Crippen molar-refractivity contribution >= 4 is 17.5 Å². The van der Waals surface area contributed by atoms with Crippen molar-refractivity contribution < 1.29 is 9.59 Å². The topological polar surface area (TPSA) is 70.2 Å². The number of rotatable bonds is 6. The number of hydrogen-bond donors (Lipinski definition) is 3. The first kappa shape index (κ1) is 15.4. The van der Waals surface area contributed by atoms with E-state index in [0.717, 1.165) is 30.6 Å². The Morgan fingerprint density at radius 2 is 2.05 bits per heavy atom. The van der Waals surface area contributed by atoms with Gasteiger partial charge in [0.2, 0.25) is 5.91 Å². The van der Waals surface area contributed by atoms with Gasteiger partial charge in [0.25, 0.3) is 5.91 Å². The molecule has 21 heavy (non-hydrogen) atoms. The third kappa shape index (κ3) is 4.21. The van der Waals surface area contributed by atoms with E-state index in [9.17, 15) is 9.59 Å². The van der Waals surface area contributed by atoms with Crippen LogP contribution >= 0.6 is 0 Å². The van der Waals surface area contributed by atoms with Gasteiger partial charge >= 0.3 is 0 Å². The van der Waals surface area contributed by atoms with Gasteiger partial charge in [0.15, 0.2) is 0 Å². The van der Waals surface area contributed by atoms with E-state index < -0.39 is 6.04 Å². The van der Waals surface area contributed by atoms with Crippen molar-refractivity contribution in [3.8, 4) is 0 Å². The summed E-state index contributed by atoms with van der Waals surface area (Å²) in [5, 5.41) is 8.84. The quantitative estimate of drug-likeness (QED) is 0.748. The van der Waals surface area contributed by atoms with Crippen LogP contribution in [0.5, 0.6) is 0 Å². The number of benzene rings is 1. The summed E-state index contributed by atoms with van der Waals surface area (Å²) in [5.41, 5.74) is 2.48. The van der Waals surface area contributed by atoms with E-state index in [0.29, 0.717) is 11.6 Å². The molecular formula is C16H23N3O2. The second-order valence-electron chi connectivity index (χ2n) is 5.54. The van der Waals surface area contributed by atoms with E-state index in [1.165, 1.54) is 0 Å². The maximum Gasteiger partial charge on any atom is 0.252 e. The summed E-state index contributed by atoms with van der Waals surface area (Å²) in [5.74, 6) is -0.332. The highest BCUT2D eigenvalue weighted by Crippen LogP contribution is 2.19. The molecule has 0 aromatic heterocycles. The molecule has 3 N–H and O–H groups in total. The molecule has 1 fully saturated rings. The van der Waals surface area contributed by atoms with Gasteiger partial charge in [-0.2, -0.15) is 0 Å². The van der Waals surface area contributed by atoms with Gasteiger partial charge in [-0.25, -0.2) is 0 Å². The van der Waals surface area contributed by atoms with Crippen LogP contribution in [0.2, 0.25) is 0 Å². The number of carbonyl (C=O) groups excluding carboxylic acids is 2. The molecule has 0 aliphatic heterocycles. The summed E-state index contributed by atoms with van der Waals surface area (Å²) in [6, 6.07) is 5.38. The molecule has 0 saturated heterocycles. The first-order valence-electron chi connectivity index (χ1n) is 7.47. The predicted molar refractivity (Wildman–Crippen MR) is 83.4 cm³/mol. The molecule has 2 amide bonds. The molecule has 1 aliphatic carbocycles. The van der Waals surface area contributed by atoms with Crippen LogP contribution in [-0.2, 0) is 4.79 Å². The molecule has 1 atom stereocenters. The molecule has 114 valence electrons. The number of amides is 2. The molecule has 1 aromatic rings. The molecule has 5 heteroatoms. The first-order valence-corrected chi connectivity index (χ1v) is 7.47. The fourth-order valence-corrected chi connectivity index (χ4v) is 2.13. The molecule has 1 aliphatic rings. The molecule has 1 aromatic carbocycles. The van der Waals surface area contributed by atoms with Gasteiger partial charge in [-0.05, 0) is 57.4 Å². The van der Waals surface area contributed by atoms with Crippen LogP contribution in [-0.4, -0.2) is 30.4 Å². The number of carbonyl (C=O) groups is 2. The Bertz CT molecular complexity index is 538. The normalized spacial score (nSPS) is 15.2. The van der Waals surface area contributed by atoms with E-state index in [1.807, 2.05) is 26.0 Å². The minimum atomic E-state index is -0.522. The Labute approximate surface area is 125 Å². The standard InChI is InChI=1S/C16H23N3O2/c1-4-17-13-7-8-14(10(2)9-13)16(21)18-11(3)15(20)19-12-5-6-12/h7-9,11-12,17H,4-6H2,1-3H3,(H,18,21)(H,19,20). The fourth-order valence-electron chi connectivity index (χ4n) is 2.13. The highest BCUT2D eigenvalue weighted by molar-refractivity contribution is 5.98. The zero-order valence-corrected chi connectivity index (χ0v) is 12.8. The smallest absolute Gasteiger partial charge is 0.252 e. The lowest BCUT2D eigenvalue weighted by Gasteiger charge is -2.15. The molecule has 0 spiro atoms. The van der Waals surface area contributed by atoms with Crippen LogP contribution in [0.3, 0.4) is 0 Å². The van der Waals surface area contributed by atoms with Crippen LogP contribution in [0.15, 0.2) is 18.2 Å². The van der Waals surface area contributed by atoms with Crippen LogP contribution < -0.4 is 16.0 Å². The molecule has 1 unspecified atom stereocenters. The SMILES string of the molecule is CCNc1ccc(C(=O)NC(C)C(=O)NC2CC2)c(C)c1. The third-order valence-electron chi connectivity index (χ3n) is 3.52. The molecule has 2 rings (SSSR count). The summed E-state index contributed by atoms with van der Waals surface area (Å²) < 4.78 is 0. The molecule has 0 bridgehead atoms. The maximum absolute atomic E-state index is 12.2. The summed E-state index contributed by atoms with van der Waals surface area (Å²) in [6.45, 7) is 6.46. The van der Waals surface area contributed by atoms with Crippen molar-refractivity contribution in [3.05, 3.63) is 29.3 Å². The highest BCUT2D eigenvalue weighted by Gasteiger charge is 2.26. The van der Waals surface area contributed by atoms with Gasteiger partial charge < -0.3 is 16.0 Å². The van der Waals surface area contributed by atoms with Crippen LogP contribution in [0.1, 0.15) is 42.6 Å². The van der Waals surface area contributed by atoms with Crippen molar-refractivity contribution in [2.24, 2.45) is 0 Å². The Morgan fingerprint density at radius 3 is 2.62 bits per heavy atom. The lowest BCUT2D eigenvalue weighted by Crippen LogP contribution is -2.45. The van der Waals surface area contributed by atoms with Crippen LogP contribution in [0.4, 0.5) is 5.69 Å². The summed E-state index contributed by atoms with van der Waals surface area (Å²) >= 11 is 0. The average Bonchev–Trinajstić information content (AvgIpc) is 3.22. The molecule has 5 nitrogen and oxygen atoms in total. The molecule has 0 radical (unpaired) electrons. The van der Waals surface area contributed by atoms with Crippen molar-refractivity contribution in [2.75, 3.05) is 11.9 Å². The van der Waals surface area contributed by atoms with Gasteiger partial charge in [-0.1, -0.05) is 0 Å². The second kappa shape index (κ2) is 6.61. The van der Waals surface area contributed by atoms with Gasteiger partial charge in [-0.3, -0.25) is 9.59 Å². The van der Waals surface area contributed by atoms with Gasteiger partial charge in [0.05, 0.1) is 0 Å². The highest BCUT2D eigenvalue weighted by atomic mass is 16.2. The van der Waals surface area contributed by atoms with E-state index >= 15 is 0 Å². The lowest BCUT2D eigenvalue weighted by molar-refractivity contribution is -0.122. The predicted octanol–water partition coefficient (Wildman–Crippen LogP) is 1.82. The average molecular weight is 289 g/mol. The minimum absolute atomic E-state index is 0.118. The van der Waals surface area contributed by atoms with Gasteiger partial charge in [0.1, 0.15) is 6.04 Å². The van der Waals surface area contributed by atoms with E-state index in [4.69, 9.17) is 0 Å². The Kier molecular flexibility index (Phi) is 4.83.